The number of hydrogen-bond acceptors (Lipinski definition) is 5. The molecule has 0 radical (unpaired) electrons. The number of halogens is 2. The average Bonchev–Trinajstić information content (AvgIpc) is 3.17. The van der Waals surface area contributed by atoms with Crippen LogP contribution in [0.25, 0.3) is 6.08 Å². The van der Waals surface area contributed by atoms with Crippen LogP contribution in [0.1, 0.15) is 11.1 Å². The minimum atomic E-state index is -0.637. The highest BCUT2D eigenvalue weighted by Crippen LogP contribution is 2.33. The molecule has 0 unspecified atom stereocenters. The molecule has 2 heterocycles. The zero-order valence-electron chi connectivity index (χ0n) is 12.1. The Bertz CT molecular complexity index is 923. The van der Waals surface area contributed by atoms with Gasteiger partial charge >= 0.3 is 5.97 Å². The van der Waals surface area contributed by atoms with Crippen LogP contribution in [-0.4, -0.2) is 18.7 Å². The van der Waals surface area contributed by atoms with Crippen LogP contribution in [0.2, 0.25) is 0 Å². The van der Waals surface area contributed by atoms with Gasteiger partial charge < -0.3 is 14.2 Å². The molecule has 2 aromatic rings. The molecule has 4 rings (SSSR count). The Morgan fingerprint density at radius 2 is 1.96 bits per heavy atom. The van der Waals surface area contributed by atoms with E-state index in [9.17, 15) is 9.18 Å². The molecule has 0 atom stereocenters. The van der Waals surface area contributed by atoms with Gasteiger partial charge in [-0.2, -0.15) is 0 Å². The van der Waals surface area contributed by atoms with Gasteiger partial charge in [0.15, 0.2) is 17.2 Å². The highest BCUT2D eigenvalue weighted by atomic mass is 79.9. The van der Waals surface area contributed by atoms with Gasteiger partial charge in [0.1, 0.15) is 5.82 Å². The third kappa shape index (κ3) is 2.67. The molecule has 0 amide bonds. The number of carbonyl (C=O) groups excluding carboxylic acids is 1. The number of rotatable bonds is 2. The first-order valence-corrected chi connectivity index (χ1v) is 7.77. The average molecular weight is 390 g/mol. The molecule has 120 valence electrons. The number of hydrogen-bond donors (Lipinski definition) is 0. The van der Waals surface area contributed by atoms with Crippen LogP contribution in [-0.2, 0) is 9.53 Å². The van der Waals surface area contributed by atoms with Crippen LogP contribution in [0.15, 0.2) is 51.6 Å². The minimum absolute atomic E-state index is 0.0275. The fourth-order valence-electron chi connectivity index (χ4n) is 2.33. The maximum Gasteiger partial charge on any atom is 0.363 e. The van der Waals surface area contributed by atoms with Crippen molar-refractivity contribution < 1.29 is 23.4 Å². The number of fused-ring (bicyclic) bond motifs is 1. The zero-order valence-corrected chi connectivity index (χ0v) is 13.7. The molecule has 2 aliphatic heterocycles. The van der Waals surface area contributed by atoms with Crippen molar-refractivity contribution >= 4 is 33.9 Å². The monoisotopic (exact) mass is 389 g/mol. The normalized spacial score (nSPS) is 17.2. The second kappa shape index (κ2) is 5.76. The van der Waals surface area contributed by atoms with E-state index in [2.05, 4.69) is 20.9 Å². The zero-order chi connectivity index (χ0) is 16.7. The second-order valence-corrected chi connectivity index (χ2v) is 5.99. The van der Waals surface area contributed by atoms with Crippen LogP contribution < -0.4 is 9.47 Å². The number of ether oxygens (including phenoxy) is 3. The Morgan fingerprint density at radius 3 is 2.83 bits per heavy atom. The molecular formula is C17H9BrFNO4. The smallest absolute Gasteiger partial charge is 0.363 e. The summed E-state index contributed by atoms with van der Waals surface area (Å²) in [7, 11) is 0. The first-order valence-electron chi connectivity index (χ1n) is 6.98. The molecule has 5 nitrogen and oxygen atoms in total. The van der Waals surface area contributed by atoms with Crippen LogP contribution >= 0.6 is 15.9 Å². The summed E-state index contributed by atoms with van der Waals surface area (Å²) in [6, 6.07) is 9.54. The van der Waals surface area contributed by atoms with Crippen molar-refractivity contribution in [2.45, 2.75) is 0 Å². The molecule has 0 aliphatic carbocycles. The van der Waals surface area contributed by atoms with Crippen LogP contribution in [0, 0.1) is 5.82 Å². The van der Waals surface area contributed by atoms with E-state index in [-0.39, 0.29) is 24.0 Å². The predicted molar refractivity (Wildman–Crippen MR) is 87.3 cm³/mol. The lowest BCUT2D eigenvalue weighted by Crippen LogP contribution is -2.05. The molecule has 24 heavy (non-hydrogen) atoms. The lowest BCUT2D eigenvalue weighted by molar-refractivity contribution is -0.129. The van der Waals surface area contributed by atoms with Crippen LogP contribution in [0.3, 0.4) is 0 Å². The third-order valence-corrected chi connectivity index (χ3v) is 3.98. The third-order valence-electron chi connectivity index (χ3n) is 3.49. The number of benzene rings is 2. The molecule has 0 spiro atoms. The summed E-state index contributed by atoms with van der Waals surface area (Å²) in [4.78, 5) is 16.2. The summed E-state index contributed by atoms with van der Waals surface area (Å²) in [6.45, 7) is 0.151. The lowest BCUT2D eigenvalue weighted by atomic mass is 10.2. The van der Waals surface area contributed by atoms with Crippen LogP contribution in [0.4, 0.5) is 4.39 Å². The number of aliphatic imine (C=N–C) groups is 1. The predicted octanol–water partition coefficient (Wildman–Crippen LogP) is 3.66. The molecule has 0 saturated heterocycles. The Labute approximate surface area is 144 Å². The summed E-state index contributed by atoms with van der Waals surface area (Å²) < 4.78 is 30.2. The van der Waals surface area contributed by atoms with E-state index in [1.54, 1.807) is 30.3 Å². The molecule has 2 aromatic carbocycles. The molecule has 2 aliphatic rings. The fourth-order valence-corrected chi connectivity index (χ4v) is 2.71. The van der Waals surface area contributed by atoms with Crippen molar-refractivity contribution in [1.82, 2.24) is 0 Å². The van der Waals surface area contributed by atoms with Gasteiger partial charge in [0.25, 0.3) is 0 Å². The molecule has 0 bridgehead atoms. The first kappa shape index (κ1) is 14.9. The largest absolute Gasteiger partial charge is 0.454 e. The van der Waals surface area contributed by atoms with E-state index in [1.165, 1.54) is 12.1 Å². The maximum absolute atomic E-state index is 13.8. The van der Waals surface area contributed by atoms with Gasteiger partial charge in [0.2, 0.25) is 12.7 Å². The molecular weight excluding hydrogens is 381 g/mol. The quantitative estimate of drug-likeness (QED) is 0.580. The highest BCUT2D eigenvalue weighted by Gasteiger charge is 2.26. The van der Waals surface area contributed by atoms with Gasteiger partial charge in [-0.1, -0.05) is 15.9 Å². The number of cyclic esters (lactones) is 1. The molecule has 0 aromatic heterocycles. The van der Waals surface area contributed by atoms with Gasteiger partial charge in [-0.25, -0.2) is 14.2 Å². The van der Waals surface area contributed by atoms with Crippen molar-refractivity contribution in [3.8, 4) is 11.5 Å². The SMILES string of the molecule is O=C1OC(c2ccc3c(c2)OCO3)=N/C1=C\c1cc(Br)ccc1F. The Balaban J connectivity index is 1.70. The summed E-state index contributed by atoms with van der Waals surface area (Å²) >= 11 is 3.26. The number of carbonyl (C=O) groups is 1. The summed E-state index contributed by atoms with van der Waals surface area (Å²) in [6.07, 6.45) is 1.35. The summed E-state index contributed by atoms with van der Waals surface area (Å²) in [5.74, 6) is 0.226. The van der Waals surface area contributed by atoms with Gasteiger partial charge in [0.05, 0.1) is 0 Å². The van der Waals surface area contributed by atoms with Gasteiger partial charge in [-0.05, 0) is 42.5 Å². The Kier molecular flexibility index (Phi) is 3.57. The summed E-state index contributed by atoms with van der Waals surface area (Å²) in [5.41, 5.74) is 0.845. The van der Waals surface area contributed by atoms with Crippen molar-refractivity contribution in [3.63, 3.8) is 0 Å². The van der Waals surface area contributed by atoms with E-state index in [1.807, 2.05) is 0 Å². The molecule has 0 saturated carbocycles. The van der Waals surface area contributed by atoms with Crippen molar-refractivity contribution in [3.05, 3.63) is 63.5 Å². The van der Waals surface area contributed by atoms with E-state index in [0.29, 0.717) is 21.5 Å². The maximum atomic E-state index is 13.8. The molecule has 7 heteroatoms. The van der Waals surface area contributed by atoms with Gasteiger partial charge in [0, 0.05) is 15.6 Å². The van der Waals surface area contributed by atoms with Crippen molar-refractivity contribution in [1.29, 1.82) is 0 Å². The van der Waals surface area contributed by atoms with Crippen molar-refractivity contribution in [2.24, 2.45) is 4.99 Å². The topological polar surface area (TPSA) is 57.1 Å². The Hall–Kier alpha value is -2.67. The van der Waals surface area contributed by atoms with E-state index in [4.69, 9.17) is 14.2 Å². The molecule has 0 N–H and O–H groups in total. The number of esters is 1. The highest BCUT2D eigenvalue weighted by molar-refractivity contribution is 9.10. The lowest BCUT2D eigenvalue weighted by Gasteiger charge is -2.01. The van der Waals surface area contributed by atoms with Gasteiger partial charge in [-0.3, -0.25) is 0 Å². The van der Waals surface area contributed by atoms with Gasteiger partial charge in [-0.15, -0.1) is 0 Å². The van der Waals surface area contributed by atoms with Crippen molar-refractivity contribution in [2.75, 3.05) is 6.79 Å². The van der Waals surface area contributed by atoms with E-state index >= 15 is 0 Å². The fraction of sp³-hybridized carbons (Fsp3) is 0.0588. The standard InChI is InChI=1S/C17H9BrFNO4/c18-11-2-3-12(19)10(5-11)6-13-17(21)24-16(20-13)9-1-4-14-15(7-9)23-8-22-14/h1-7H,8H2/b13-6-. The second-order valence-electron chi connectivity index (χ2n) is 5.07. The van der Waals surface area contributed by atoms with E-state index < -0.39 is 11.8 Å². The molecule has 0 fully saturated rings. The summed E-state index contributed by atoms with van der Waals surface area (Å²) in [5, 5.41) is 0. The number of nitrogens with zero attached hydrogens (tertiary/aromatic N) is 1. The van der Waals surface area contributed by atoms with E-state index in [0.717, 1.165) is 0 Å². The first-order chi connectivity index (χ1) is 11.6. The Morgan fingerprint density at radius 1 is 1.12 bits per heavy atom. The van der Waals surface area contributed by atoms with Crippen LogP contribution in [0.5, 0.6) is 11.5 Å². The minimum Gasteiger partial charge on any atom is -0.454 e.